The van der Waals surface area contributed by atoms with E-state index in [2.05, 4.69) is 30.1 Å². The molecule has 1 aliphatic heterocycles. The van der Waals surface area contributed by atoms with Crippen LogP contribution in [0.2, 0.25) is 0 Å². The van der Waals surface area contributed by atoms with E-state index in [0.29, 0.717) is 39.4 Å². The lowest BCUT2D eigenvalue weighted by atomic mass is 9.68. The fraction of sp³-hybridized carbons (Fsp3) is 0.400. The van der Waals surface area contributed by atoms with Crippen molar-refractivity contribution in [3.05, 3.63) is 58.1 Å². The molecule has 8 nitrogen and oxygen atoms in total. The second-order valence-electron chi connectivity index (χ2n) is 9.91. The van der Waals surface area contributed by atoms with Gasteiger partial charge in [-0.2, -0.15) is 5.26 Å². The van der Waals surface area contributed by atoms with Crippen LogP contribution in [0.25, 0.3) is 0 Å². The summed E-state index contributed by atoms with van der Waals surface area (Å²) in [7, 11) is 0. The van der Waals surface area contributed by atoms with Gasteiger partial charge in [-0.15, -0.1) is 10.2 Å². The fourth-order valence-electron chi connectivity index (χ4n) is 4.62. The van der Waals surface area contributed by atoms with Gasteiger partial charge in [0.25, 0.3) is 0 Å². The van der Waals surface area contributed by atoms with Gasteiger partial charge < -0.3 is 11.5 Å². The smallest absolute Gasteiger partial charge is 0.227 e. The number of amides is 1. The number of rotatable bonds is 6. The number of hydrogen-bond donors (Lipinski definition) is 2. The minimum atomic E-state index is -0.535. The highest BCUT2D eigenvalue weighted by Crippen LogP contribution is 2.50. The van der Waals surface area contributed by atoms with Crippen molar-refractivity contribution in [1.82, 2.24) is 10.2 Å². The molecule has 4 N–H and O–H groups in total. The first-order chi connectivity index (χ1) is 16.5. The molecule has 1 aliphatic carbocycles. The molecule has 1 aromatic carbocycles. The number of primary amides is 1. The summed E-state index contributed by atoms with van der Waals surface area (Å²) < 4.78 is 0.556. The minimum Gasteiger partial charge on any atom is -0.384 e. The number of nitrogens with zero attached hydrogens (tertiary/aromatic N) is 4. The van der Waals surface area contributed by atoms with Crippen LogP contribution in [0, 0.1) is 16.7 Å². The van der Waals surface area contributed by atoms with E-state index >= 15 is 0 Å². The van der Waals surface area contributed by atoms with Crippen LogP contribution in [-0.4, -0.2) is 27.6 Å². The van der Waals surface area contributed by atoms with Gasteiger partial charge in [0, 0.05) is 17.7 Å². The van der Waals surface area contributed by atoms with Crippen molar-refractivity contribution in [2.45, 2.75) is 56.7 Å². The SMILES string of the molecule is CC(C)c1ccc(C2C(C#N)=C(N)N(c3nnc(SCC(N)=O)s3)C3=C2C(=O)CC(C)(C)C3)cc1. The Bertz CT molecular complexity index is 1280. The number of benzene rings is 1. The second kappa shape index (κ2) is 9.47. The average Bonchev–Trinajstić information content (AvgIpc) is 3.24. The van der Waals surface area contributed by atoms with E-state index in [1.165, 1.54) is 28.7 Å². The Balaban J connectivity index is 1.86. The Labute approximate surface area is 213 Å². The number of carbonyl (C=O) groups excluding carboxylic acids is 2. The van der Waals surface area contributed by atoms with Crippen LogP contribution in [-0.2, 0) is 9.59 Å². The largest absolute Gasteiger partial charge is 0.384 e. The highest BCUT2D eigenvalue weighted by atomic mass is 32.2. The molecule has 4 rings (SSSR count). The zero-order valence-electron chi connectivity index (χ0n) is 20.2. The quantitative estimate of drug-likeness (QED) is 0.554. The summed E-state index contributed by atoms with van der Waals surface area (Å²) >= 11 is 2.44. The van der Waals surface area contributed by atoms with Gasteiger partial charge in [-0.25, -0.2) is 0 Å². The number of thioether (sulfide) groups is 1. The molecule has 2 aliphatic rings. The molecule has 1 aromatic heterocycles. The summed E-state index contributed by atoms with van der Waals surface area (Å²) in [6, 6.07) is 10.3. The first-order valence-electron chi connectivity index (χ1n) is 11.3. The number of nitriles is 1. The highest BCUT2D eigenvalue weighted by Gasteiger charge is 2.45. The summed E-state index contributed by atoms with van der Waals surface area (Å²) in [4.78, 5) is 26.5. The van der Waals surface area contributed by atoms with Gasteiger partial charge in [-0.05, 0) is 28.9 Å². The van der Waals surface area contributed by atoms with Crippen molar-refractivity contribution in [3.63, 3.8) is 0 Å². The average molecular weight is 509 g/mol. The summed E-state index contributed by atoms with van der Waals surface area (Å²) in [6.07, 6.45) is 0.978. The van der Waals surface area contributed by atoms with E-state index < -0.39 is 11.8 Å². The number of nitrogens with two attached hydrogens (primary N) is 2. The summed E-state index contributed by atoms with van der Waals surface area (Å²) in [5, 5.41) is 19.1. The topological polar surface area (TPSA) is 139 Å². The standard InChI is InChI=1S/C25H28N6O2S2/c1-13(2)14-5-7-15(8-6-14)20-16(11-26)22(28)31(17-9-25(3,4)10-18(32)21(17)20)23-29-30-24(35-23)34-12-19(27)33/h5-8,13,20H,9-10,12,28H2,1-4H3,(H2,27,33). The van der Waals surface area contributed by atoms with Gasteiger partial charge in [-0.3, -0.25) is 14.5 Å². The molecular formula is C25H28N6O2S2. The van der Waals surface area contributed by atoms with Crippen LogP contribution in [0.4, 0.5) is 5.13 Å². The molecule has 0 fully saturated rings. The van der Waals surface area contributed by atoms with Gasteiger partial charge in [0.05, 0.1) is 23.3 Å². The van der Waals surface area contributed by atoms with E-state index in [9.17, 15) is 14.9 Å². The van der Waals surface area contributed by atoms with Crippen molar-refractivity contribution < 1.29 is 9.59 Å². The third-order valence-electron chi connectivity index (χ3n) is 6.24. The molecule has 2 heterocycles. The third-order valence-corrected chi connectivity index (χ3v) is 8.31. The molecular weight excluding hydrogens is 480 g/mol. The first-order valence-corrected chi connectivity index (χ1v) is 13.1. The third kappa shape index (κ3) is 4.83. The van der Waals surface area contributed by atoms with E-state index in [1.807, 2.05) is 38.1 Å². The molecule has 0 saturated heterocycles. The predicted octanol–water partition coefficient (Wildman–Crippen LogP) is 4.18. The Morgan fingerprint density at radius 2 is 1.97 bits per heavy atom. The highest BCUT2D eigenvalue weighted by molar-refractivity contribution is 8.01. The lowest BCUT2D eigenvalue weighted by Crippen LogP contribution is -2.42. The number of allylic oxidation sites excluding steroid dienone is 3. The monoisotopic (exact) mass is 508 g/mol. The normalized spacial score (nSPS) is 19.7. The maximum absolute atomic E-state index is 13.6. The van der Waals surface area contributed by atoms with Crippen LogP contribution in [0.1, 0.15) is 63.5 Å². The molecule has 182 valence electrons. The van der Waals surface area contributed by atoms with E-state index in [4.69, 9.17) is 11.5 Å². The van der Waals surface area contributed by atoms with Crippen LogP contribution < -0.4 is 16.4 Å². The van der Waals surface area contributed by atoms with Crippen LogP contribution >= 0.6 is 23.1 Å². The van der Waals surface area contributed by atoms with Crippen molar-refractivity contribution in [1.29, 1.82) is 5.26 Å². The molecule has 1 amide bonds. The number of Topliss-reactive ketones (excluding diaryl/α,β-unsaturated/α-hetero) is 1. The number of hydrogen-bond acceptors (Lipinski definition) is 9. The number of carbonyl (C=O) groups is 2. The van der Waals surface area contributed by atoms with E-state index in [-0.39, 0.29) is 22.8 Å². The lowest BCUT2D eigenvalue weighted by Gasteiger charge is -2.42. The second-order valence-corrected chi connectivity index (χ2v) is 12.1. The maximum atomic E-state index is 13.6. The zero-order valence-corrected chi connectivity index (χ0v) is 21.8. The molecule has 0 spiro atoms. The van der Waals surface area contributed by atoms with Gasteiger partial charge in [0.2, 0.25) is 11.0 Å². The van der Waals surface area contributed by atoms with E-state index in [1.54, 1.807) is 4.90 Å². The Hall–Kier alpha value is -3.16. The summed E-state index contributed by atoms with van der Waals surface area (Å²) in [6.45, 7) is 8.34. The fourth-order valence-corrected chi connectivity index (χ4v) is 6.24. The molecule has 10 heteroatoms. The van der Waals surface area contributed by atoms with E-state index in [0.717, 1.165) is 11.3 Å². The van der Waals surface area contributed by atoms with Gasteiger partial charge in [0.15, 0.2) is 10.1 Å². The van der Waals surface area contributed by atoms with Gasteiger partial charge in [0.1, 0.15) is 5.82 Å². The molecule has 0 bridgehead atoms. The maximum Gasteiger partial charge on any atom is 0.227 e. The number of anilines is 1. The van der Waals surface area contributed by atoms with Crippen LogP contribution in [0.5, 0.6) is 0 Å². The predicted molar refractivity (Wildman–Crippen MR) is 137 cm³/mol. The van der Waals surface area contributed by atoms with Gasteiger partial charge in [-0.1, -0.05) is 75.1 Å². The minimum absolute atomic E-state index is 0.00674. The van der Waals surface area contributed by atoms with Crippen molar-refractivity contribution in [3.8, 4) is 6.07 Å². The molecule has 1 atom stereocenters. The first kappa shape index (κ1) is 24.9. The van der Waals surface area contributed by atoms with Gasteiger partial charge >= 0.3 is 0 Å². The Morgan fingerprint density at radius 1 is 1.29 bits per heavy atom. The molecule has 2 aromatic rings. The number of aromatic nitrogens is 2. The Morgan fingerprint density at radius 3 is 2.57 bits per heavy atom. The van der Waals surface area contributed by atoms with Crippen molar-refractivity contribution in [2.24, 2.45) is 16.9 Å². The summed E-state index contributed by atoms with van der Waals surface area (Å²) in [5.41, 5.74) is 15.3. The Kier molecular flexibility index (Phi) is 6.75. The molecule has 35 heavy (non-hydrogen) atoms. The molecule has 0 saturated carbocycles. The van der Waals surface area contributed by atoms with Crippen molar-refractivity contribution >= 4 is 39.9 Å². The van der Waals surface area contributed by atoms with Crippen molar-refractivity contribution in [2.75, 3.05) is 10.7 Å². The zero-order chi connectivity index (χ0) is 25.5. The summed E-state index contributed by atoms with van der Waals surface area (Å²) in [5.74, 6) is -0.283. The molecule has 1 unspecified atom stereocenters. The lowest BCUT2D eigenvalue weighted by molar-refractivity contribution is -0.118. The number of ketones is 1. The molecule has 0 radical (unpaired) electrons. The van der Waals surface area contributed by atoms with Crippen LogP contribution in [0.15, 0.2) is 51.3 Å². The van der Waals surface area contributed by atoms with Crippen LogP contribution in [0.3, 0.4) is 0 Å².